The second-order valence-corrected chi connectivity index (χ2v) is 6.14. The summed E-state index contributed by atoms with van der Waals surface area (Å²) >= 11 is 1.30. The van der Waals surface area contributed by atoms with Crippen LogP contribution in [0.5, 0.6) is 0 Å². The number of amides is 2. The second kappa shape index (κ2) is 9.18. The summed E-state index contributed by atoms with van der Waals surface area (Å²) < 4.78 is 31.4. The second-order valence-electron chi connectivity index (χ2n) is 5.24. The maximum atomic E-state index is 14.5. The third-order valence-corrected chi connectivity index (χ3v) is 4.35. The minimum absolute atomic E-state index is 0.0994. The number of rotatable bonds is 7. The molecule has 2 amide bonds. The molecule has 1 aromatic heterocycles. The van der Waals surface area contributed by atoms with Crippen molar-refractivity contribution in [1.29, 1.82) is 0 Å². The van der Waals surface area contributed by atoms with Crippen molar-refractivity contribution >= 4 is 41.0 Å². The molecule has 7 nitrogen and oxygen atoms in total. The predicted molar refractivity (Wildman–Crippen MR) is 102 cm³/mol. The average molecular weight is 382 g/mol. The van der Waals surface area contributed by atoms with E-state index in [1.807, 2.05) is 6.92 Å². The topological polar surface area (TPSA) is 82.2 Å². The van der Waals surface area contributed by atoms with Crippen molar-refractivity contribution < 1.29 is 13.6 Å². The molecule has 0 saturated carbocycles. The zero-order valence-corrected chi connectivity index (χ0v) is 15.5. The van der Waals surface area contributed by atoms with Crippen LogP contribution in [0.15, 0.2) is 24.5 Å². The van der Waals surface area contributed by atoms with Gasteiger partial charge in [0, 0.05) is 25.9 Å². The molecule has 0 aliphatic heterocycles. The van der Waals surface area contributed by atoms with Crippen LogP contribution in [0.1, 0.15) is 13.3 Å². The van der Waals surface area contributed by atoms with Gasteiger partial charge < -0.3 is 15.4 Å². The molecule has 0 radical (unpaired) electrons. The summed E-state index contributed by atoms with van der Waals surface area (Å²) in [6, 6.07) is 3.18. The van der Waals surface area contributed by atoms with Crippen molar-refractivity contribution in [2.45, 2.75) is 13.3 Å². The summed E-state index contributed by atoms with van der Waals surface area (Å²) in [6.45, 7) is 1.99. The molecule has 10 heteroatoms. The average Bonchev–Trinajstić information content (AvgIpc) is 2.66. The van der Waals surface area contributed by atoms with Gasteiger partial charge in [-0.25, -0.2) is 23.5 Å². The van der Waals surface area contributed by atoms with E-state index in [1.165, 1.54) is 37.5 Å². The standard InChI is InChI=1S/C16H20F2N6OS/c1-4-7-26-23-11-6-5-10(17)15(14(11)18)22-16(25)24(3)13-8-12(19-2)20-9-21-13/h5-6,8-9,23H,4,7H2,1-3H3,(H,22,25)(H,19,20,21). The van der Waals surface area contributed by atoms with Gasteiger partial charge in [0.1, 0.15) is 29.5 Å². The number of halogens is 2. The Morgan fingerprint density at radius 1 is 1.31 bits per heavy atom. The Kier molecular flexibility index (Phi) is 6.96. The SMILES string of the molecule is CCCSNc1ccc(F)c(NC(=O)N(C)c2cc(NC)ncn2)c1F. The molecule has 26 heavy (non-hydrogen) atoms. The first-order valence-corrected chi connectivity index (χ1v) is 8.86. The molecule has 3 N–H and O–H groups in total. The van der Waals surface area contributed by atoms with Crippen LogP contribution >= 0.6 is 11.9 Å². The summed E-state index contributed by atoms with van der Waals surface area (Å²) in [7, 11) is 3.11. The lowest BCUT2D eigenvalue weighted by molar-refractivity contribution is 0.257. The van der Waals surface area contributed by atoms with Crippen molar-refractivity contribution in [1.82, 2.24) is 9.97 Å². The molecule has 0 aliphatic rings. The molecule has 0 atom stereocenters. The van der Waals surface area contributed by atoms with Gasteiger partial charge >= 0.3 is 6.03 Å². The van der Waals surface area contributed by atoms with E-state index in [1.54, 1.807) is 7.05 Å². The predicted octanol–water partition coefficient (Wildman–Crippen LogP) is 3.93. The number of carbonyl (C=O) groups excluding carboxylic acids is 1. The lowest BCUT2D eigenvalue weighted by atomic mass is 10.2. The summed E-state index contributed by atoms with van der Waals surface area (Å²) in [5.41, 5.74) is -0.422. The van der Waals surface area contributed by atoms with E-state index < -0.39 is 23.4 Å². The highest BCUT2D eigenvalue weighted by molar-refractivity contribution is 8.00. The van der Waals surface area contributed by atoms with Crippen molar-refractivity contribution in [2.24, 2.45) is 0 Å². The molecular formula is C16H20F2N6OS. The minimum atomic E-state index is -0.867. The number of nitrogens with zero attached hydrogens (tertiary/aromatic N) is 3. The van der Waals surface area contributed by atoms with Crippen LogP contribution in [0.2, 0.25) is 0 Å². The fourth-order valence-electron chi connectivity index (χ4n) is 1.94. The fraction of sp³-hybridized carbons (Fsp3) is 0.312. The van der Waals surface area contributed by atoms with Gasteiger partial charge in [0.15, 0.2) is 5.82 Å². The first-order chi connectivity index (χ1) is 12.5. The Morgan fingerprint density at radius 3 is 2.77 bits per heavy atom. The minimum Gasteiger partial charge on any atom is -0.373 e. The lowest BCUT2D eigenvalue weighted by Gasteiger charge is -2.18. The number of carbonyl (C=O) groups is 1. The van der Waals surface area contributed by atoms with E-state index in [9.17, 15) is 13.6 Å². The van der Waals surface area contributed by atoms with E-state index in [0.29, 0.717) is 5.82 Å². The van der Waals surface area contributed by atoms with Crippen molar-refractivity contribution in [2.75, 3.05) is 40.1 Å². The summed E-state index contributed by atoms with van der Waals surface area (Å²) in [5.74, 6) is -0.188. The number of urea groups is 1. The van der Waals surface area contributed by atoms with E-state index in [2.05, 4.69) is 25.3 Å². The highest BCUT2D eigenvalue weighted by Gasteiger charge is 2.19. The van der Waals surface area contributed by atoms with Gasteiger partial charge in [-0.15, -0.1) is 0 Å². The largest absolute Gasteiger partial charge is 0.373 e. The van der Waals surface area contributed by atoms with E-state index in [0.717, 1.165) is 23.1 Å². The summed E-state index contributed by atoms with van der Waals surface area (Å²) in [5, 5.41) is 5.07. The van der Waals surface area contributed by atoms with Gasteiger partial charge in [0.25, 0.3) is 0 Å². The van der Waals surface area contributed by atoms with Gasteiger partial charge in [-0.3, -0.25) is 4.90 Å². The molecule has 0 bridgehead atoms. The molecule has 0 fully saturated rings. The molecule has 0 spiro atoms. The first kappa shape index (κ1) is 19.7. The van der Waals surface area contributed by atoms with E-state index >= 15 is 0 Å². The Bertz CT molecular complexity index is 776. The zero-order valence-electron chi connectivity index (χ0n) is 14.6. The fourth-order valence-corrected chi connectivity index (χ4v) is 2.56. The Hall–Kier alpha value is -2.62. The van der Waals surface area contributed by atoms with Crippen LogP contribution in [0.4, 0.5) is 36.6 Å². The van der Waals surface area contributed by atoms with Gasteiger partial charge in [0.05, 0.1) is 5.69 Å². The molecule has 2 rings (SSSR count). The van der Waals surface area contributed by atoms with E-state index in [4.69, 9.17) is 0 Å². The highest BCUT2D eigenvalue weighted by atomic mass is 32.2. The maximum absolute atomic E-state index is 14.5. The molecule has 1 heterocycles. The lowest BCUT2D eigenvalue weighted by Crippen LogP contribution is -2.32. The van der Waals surface area contributed by atoms with Crippen molar-refractivity contribution in [3.8, 4) is 0 Å². The smallest absolute Gasteiger partial charge is 0.327 e. The highest BCUT2D eigenvalue weighted by Crippen LogP contribution is 2.28. The first-order valence-electron chi connectivity index (χ1n) is 7.88. The molecule has 1 aromatic carbocycles. The van der Waals surface area contributed by atoms with Crippen LogP contribution in [-0.4, -0.2) is 35.8 Å². The molecule has 0 aliphatic carbocycles. The van der Waals surface area contributed by atoms with Gasteiger partial charge in [-0.2, -0.15) is 0 Å². The number of aromatic nitrogens is 2. The summed E-state index contributed by atoms with van der Waals surface area (Å²) in [4.78, 5) is 21.4. The Labute approximate surface area is 154 Å². The molecule has 0 saturated heterocycles. The molecular weight excluding hydrogens is 362 g/mol. The van der Waals surface area contributed by atoms with Gasteiger partial charge in [0.2, 0.25) is 0 Å². The third kappa shape index (κ3) is 4.72. The Morgan fingerprint density at radius 2 is 2.08 bits per heavy atom. The van der Waals surface area contributed by atoms with Crippen molar-refractivity contribution in [3.63, 3.8) is 0 Å². The quantitative estimate of drug-likeness (QED) is 0.497. The van der Waals surface area contributed by atoms with Crippen LogP contribution in [-0.2, 0) is 0 Å². The van der Waals surface area contributed by atoms with Gasteiger partial charge in [-0.1, -0.05) is 18.9 Å². The van der Waals surface area contributed by atoms with Crippen LogP contribution in [0, 0.1) is 11.6 Å². The number of nitrogens with one attached hydrogen (secondary N) is 3. The van der Waals surface area contributed by atoms with Crippen molar-refractivity contribution in [3.05, 3.63) is 36.2 Å². The van der Waals surface area contributed by atoms with Gasteiger partial charge in [-0.05, 0) is 18.6 Å². The monoisotopic (exact) mass is 382 g/mol. The molecule has 140 valence electrons. The van der Waals surface area contributed by atoms with Crippen LogP contribution in [0.3, 0.4) is 0 Å². The zero-order chi connectivity index (χ0) is 19.1. The molecule has 0 unspecified atom stereocenters. The van der Waals surface area contributed by atoms with Crippen LogP contribution < -0.4 is 20.3 Å². The van der Waals surface area contributed by atoms with Crippen LogP contribution in [0.25, 0.3) is 0 Å². The summed E-state index contributed by atoms with van der Waals surface area (Å²) in [6.07, 6.45) is 2.18. The number of anilines is 4. The maximum Gasteiger partial charge on any atom is 0.327 e. The number of hydrogen-bond donors (Lipinski definition) is 3. The number of benzene rings is 1. The number of hydrogen-bond acceptors (Lipinski definition) is 6. The third-order valence-electron chi connectivity index (χ3n) is 3.37. The normalized spacial score (nSPS) is 10.3. The Balaban J connectivity index is 2.18. The van der Waals surface area contributed by atoms with E-state index in [-0.39, 0.29) is 11.5 Å². The molecule has 2 aromatic rings.